The van der Waals surface area contributed by atoms with Gasteiger partial charge in [0.05, 0.1) is 26.4 Å². The SMILES string of the molecule is CCC(C)CCCCCCCCCCCCC(=O)O[C@H](COC(=O)CCCCCCCCCCCCCCCCCCC(C)C)COP(=O)(O)OC[C@@H](O)COP(=O)(O)OC[C@@H](COC(=O)CCCCCCCCC(C)CC)OC(=O)CCCCCCCCCCCC(C)C. The number of hydrogen-bond donors (Lipinski definition) is 3. The molecule has 0 amide bonds. The van der Waals surface area contributed by atoms with E-state index >= 15 is 0 Å². The monoisotopic (exact) mass is 1400 g/mol. The maximum absolute atomic E-state index is 13.1. The highest BCUT2D eigenvalue weighted by Gasteiger charge is 2.30. The first kappa shape index (κ1) is 93.1. The number of hydrogen-bond acceptors (Lipinski definition) is 15. The molecule has 95 heavy (non-hydrogen) atoms. The van der Waals surface area contributed by atoms with Gasteiger partial charge < -0.3 is 33.8 Å². The van der Waals surface area contributed by atoms with Gasteiger partial charge in [0.2, 0.25) is 0 Å². The maximum atomic E-state index is 13.1. The second kappa shape index (κ2) is 65.4. The van der Waals surface area contributed by atoms with Crippen LogP contribution in [0.15, 0.2) is 0 Å². The molecule has 19 heteroatoms. The Balaban J connectivity index is 5.23. The molecule has 564 valence electrons. The minimum atomic E-state index is -4.96. The second-order valence-corrected chi connectivity index (χ2v) is 31.7. The average Bonchev–Trinajstić information content (AvgIpc) is 1.27. The molecule has 7 atom stereocenters. The summed E-state index contributed by atoms with van der Waals surface area (Å²) < 4.78 is 68.5. The van der Waals surface area contributed by atoms with Crippen molar-refractivity contribution in [3.8, 4) is 0 Å². The molecule has 0 aliphatic heterocycles. The van der Waals surface area contributed by atoms with Crippen LogP contribution in [0.5, 0.6) is 0 Å². The molecule has 0 aromatic rings. The molecule has 0 aromatic heterocycles. The van der Waals surface area contributed by atoms with Gasteiger partial charge >= 0.3 is 39.5 Å². The minimum Gasteiger partial charge on any atom is -0.462 e. The van der Waals surface area contributed by atoms with E-state index in [1.807, 2.05) is 0 Å². The summed E-state index contributed by atoms with van der Waals surface area (Å²) in [5, 5.41) is 10.6. The van der Waals surface area contributed by atoms with Crippen molar-refractivity contribution < 1.29 is 80.2 Å². The van der Waals surface area contributed by atoms with Crippen LogP contribution in [0.4, 0.5) is 0 Å². The Hall–Kier alpha value is -1.94. The zero-order valence-corrected chi connectivity index (χ0v) is 64.1. The van der Waals surface area contributed by atoms with Gasteiger partial charge in [0.25, 0.3) is 0 Å². The Kier molecular flexibility index (Phi) is 64.0. The van der Waals surface area contributed by atoms with Crippen molar-refractivity contribution in [2.45, 2.75) is 401 Å². The topological polar surface area (TPSA) is 237 Å². The summed E-state index contributed by atoms with van der Waals surface area (Å²) >= 11 is 0. The lowest BCUT2D eigenvalue weighted by molar-refractivity contribution is -0.161. The molecular weight excluding hydrogens is 1250 g/mol. The van der Waals surface area contributed by atoms with Crippen LogP contribution in [-0.2, 0) is 65.4 Å². The molecule has 0 fully saturated rings. The fourth-order valence-corrected chi connectivity index (χ4v) is 13.1. The van der Waals surface area contributed by atoms with E-state index in [-0.39, 0.29) is 25.7 Å². The number of carbonyl (C=O) groups excluding carboxylic acids is 4. The smallest absolute Gasteiger partial charge is 0.462 e. The molecule has 0 saturated carbocycles. The zero-order chi connectivity index (χ0) is 70.3. The van der Waals surface area contributed by atoms with Gasteiger partial charge in [0.15, 0.2) is 12.2 Å². The first-order valence-corrected chi connectivity index (χ1v) is 42.3. The number of carbonyl (C=O) groups is 4. The molecule has 0 spiro atoms. The average molecular weight is 1400 g/mol. The second-order valence-electron chi connectivity index (χ2n) is 28.8. The van der Waals surface area contributed by atoms with Crippen LogP contribution < -0.4 is 0 Å². The highest BCUT2D eigenvalue weighted by Crippen LogP contribution is 2.45. The summed E-state index contributed by atoms with van der Waals surface area (Å²) in [7, 11) is -9.91. The van der Waals surface area contributed by atoms with Crippen molar-refractivity contribution in [2.24, 2.45) is 23.7 Å². The van der Waals surface area contributed by atoms with E-state index < -0.39 is 97.5 Å². The molecule has 0 rings (SSSR count). The number of unbranched alkanes of at least 4 members (excludes halogenated alkanes) is 37. The van der Waals surface area contributed by atoms with Crippen molar-refractivity contribution in [3.63, 3.8) is 0 Å². The molecule has 3 N–H and O–H groups in total. The molecule has 0 aliphatic carbocycles. The molecule has 17 nitrogen and oxygen atoms in total. The lowest BCUT2D eigenvalue weighted by Gasteiger charge is -2.21. The predicted molar refractivity (Wildman–Crippen MR) is 386 cm³/mol. The summed E-state index contributed by atoms with van der Waals surface area (Å²) in [5.74, 6) is 0.960. The molecule has 0 radical (unpaired) electrons. The first-order chi connectivity index (χ1) is 45.7. The zero-order valence-electron chi connectivity index (χ0n) is 62.3. The lowest BCUT2D eigenvalue weighted by atomic mass is 9.99. The Morgan fingerprint density at radius 3 is 0.747 bits per heavy atom. The quantitative estimate of drug-likeness (QED) is 0.0222. The Bertz CT molecular complexity index is 1870. The first-order valence-electron chi connectivity index (χ1n) is 39.3. The largest absolute Gasteiger partial charge is 0.472 e. The number of ether oxygens (including phenoxy) is 4. The highest BCUT2D eigenvalue weighted by molar-refractivity contribution is 7.47. The van der Waals surface area contributed by atoms with Crippen LogP contribution >= 0.6 is 15.6 Å². The molecule has 4 unspecified atom stereocenters. The van der Waals surface area contributed by atoms with Gasteiger partial charge in [-0.15, -0.1) is 0 Å². The van der Waals surface area contributed by atoms with Crippen molar-refractivity contribution in [3.05, 3.63) is 0 Å². The summed E-state index contributed by atoms with van der Waals surface area (Å²) in [6.07, 6.45) is 50.0. The van der Waals surface area contributed by atoms with Gasteiger partial charge in [-0.25, -0.2) is 9.13 Å². The molecule has 0 bridgehead atoms. The van der Waals surface area contributed by atoms with Crippen LogP contribution in [0, 0.1) is 23.7 Å². The molecular formula is C76H148O17P2. The van der Waals surface area contributed by atoms with Gasteiger partial charge in [0, 0.05) is 25.7 Å². The molecule has 0 heterocycles. The minimum absolute atomic E-state index is 0.104. The normalized spacial score (nSPS) is 14.7. The third-order valence-electron chi connectivity index (χ3n) is 18.3. The van der Waals surface area contributed by atoms with Crippen molar-refractivity contribution in [1.82, 2.24) is 0 Å². The fraction of sp³-hybridized carbons (Fsp3) is 0.947. The number of aliphatic hydroxyl groups is 1. The lowest BCUT2D eigenvalue weighted by Crippen LogP contribution is -2.30. The van der Waals surface area contributed by atoms with E-state index in [1.165, 1.54) is 180 Å². The third kappa shape index (κ3) is 67.6. The summed E-state index contributed by atoms with van der Waals surface area (Å²) in [6, 6.07) is 0. The number of phosphoric acid groups is 2. The maximum Gasteiger partial charge on any atom is 0.472 e. The van der Waals surface area contributed by atoms with Crippen molar-refractivity contribution >= 4 is 39.5 Å². The Morgan fingerprint density at radius 2 is 0.505 bits per heavy atom. The third-order valence-corrected chi connectivity index (χ3v) is 20.2. The molecule has 0 saturated heterocycles. The fourth-order valence-electron chi connectivity index (χ4n) is 11.5. The molecule has 0 aromatic carbocycles. The van der Waals surface area contributed by atoms with Crippen LogP contribution in [0.3, 0.4) is 0 Å². The van der Waals surface area contributed by atoms with E-state index in [0.29, 0.717) is 25.7 Å². The van der Waals surface area contributed by atoms with E-state index in [1.54, 1.807) is 0 Å². The van der Waals surface area contributed by atoms with Gasteiger partial charge in [-0.3, -0.25) is 37.3 Å². The predicted octanol–water partition coefficient (Wildman–Crippen LogP) is 22.0. The van der Waals surface area contributed by atoms with Crippen LogP contribution in [0.1, 0.15) is 383 Å². The van der Waals surface area contributed by atoms with Gasteiger partial charge in [-0.2, -0.15) is 0 Å². The highest BCUT2D eigenvalue weighted by atomic mass is 31.2. The van der Waals surface area contributed by atoms with Crippen LogP contribution in [0.2, 0.25) is 0 Å². The number of phosphoric ester groups is 2. The van der Waals surface area contributed by atoms with Crippen LogP contribution in [0.25, 0.3) is 0 Å². The van der Waals surface area contributed by atoms with Gasteiger partial charge in [0.1, 0.15) is 19.3 Å². The van der Waals surface area contributed by atoms with E-state index in [4.69, 9.17) is 37.0 Å². The van der Waals surface area contributed by atoms with E-state index in [2.05, 4.69) is 55.4 Å². The Labute approximate surface area is 581 Å². The molecule has 0 aliphatic rings. The van der Waals surface area contributed by atoms with Crippen molar-refractivity contribution in [1.29, 1.82) is 0 Å². The number of esters is 4. The summed E-state index contributed by atoms with van der Waals surface area (Å²) in [5.41, 5.74) is 0. The summed E-state index contributed by atoms with van der Waals surface area (Å²) in [4.78, 5) is 72.8. The summed E-state index contributed by atoms with van der Waals surface area (Å²) in [6.45, 7) is 14.2. The van der Waals surface area contributed by atoms with E-state index in [0.717, 1.165) is 120 Å². The number of rotatable bonds is 73. The van der Waals surface area contributed by atoms with Crippen LogP contribution in [-0.4, -0.2) is 96.7 Å². The van der Waals surface area contributed by atoms with Gasteiger partial charge in [-0.05, 0) is 49.4 Å². The Morgan fingerprint density at radius 1 is 0.295 bits per heavy atom. The van der Waals surface area contributed by atoms with E-state index in [9.17, 15) is 43.2 Å². The van der Waals surface area contributed by atoms with Crippen molar-refractivity contribution in [2.75, 3.05) is 39.6 Å². The number of aliphatic hydroxyl groups excluding tert-OH is 1. The van der Waals surface area contributed by atoms with Gasteiger partial charge in [-0.1, -0.05) is 331 Å². The standard InChI is InChI=1S/C76H148O17P2/c1-9-68(7)54-46-38-30-24-19-20-26-32-42-50-58-75(80)92-71(62-86-73(78)56-48-40-31-25-18-16-14-12-11-13-15-17-22-28-36-44-52-66(3)4)64-90-94(82,83)88-60-70(77)61-89-95(84,85)91-65-72(63-87-74(79)57-49-41-35-34-39-47-55-69(8)10-2)93-76(81)59-51-43-33-27-21-23-29-37-45-53-67(5)6/h66-72,77H,9-65H2,1-8H3,(H,82,83)(H,84,85)/t68?,69?,70-,71-,72-/m1/s1.